The molecule has 4 unspecified atom stereocenters. The summed E-state index contributed by atoms with van der Waals surface area (Å²) in [6.45, 7) is 22.5. The summed E-state index contributed by atoms with van der Waals surface area (Å²) in [4.78, 5) is 24.8. The molecule has 0 amide bonds. The summed E-state index contributed by atoms with van der Waals surface area (Å²) in [7, 11) is 0. The van der Waals surface area contributed by atoms with E-state index in [9.17, 15) is 19.8 Å². The van der Waals surface area contributed by atoms with Gasteiger partial charge in [-0.3, -0.25) is 9.59 Å². The number of hydrogen-bond acceptors (Lipinski definition) is 4. The second-order valence-electron chi connectivity index (χ2n) is 19.1. The third-order valence-electron chi connectivity index (χ3n) is 16.1. The number of carbonyl (C=O) groups excluding carboxylic acids is 1. The van der Waals surface area contributed by atoms with Gasteiger partial charge in [-0.1, -0.05) is 76.8 Å². The Hall–Kier alpha value is -2.58. The third kappa shape index (κ3) is 5.53. The standard InChI is InChI=1S/C44H62O5/c1-28(2)31-17-23-44(22-16-29-12-10-11-13-30(29)27-45)25-24-42(8)32(37(31)44)14-15-34-41(7)20-19-35(49-36(46)26-39(3,4)38(47)48)40(5,6)33(41)18-21-43(34,42)9/h10-13,31-35,37,45H,1,14-15,17-21,23-27H2,2-9H3,(H,47,48)/t31-,32?,33?,34?,35-,37?,41-,42+,43+,44+/m0/s1. The molecule has 10 atom stereocenters. The predicted octanol–water partition coefficient (Wildman–Crippen LogP) is 9.60. The van der Waals surface area contributed by atoms with Crippen LogP contribution >= 0.6 is 0 Å². The molecule has 0 aromatic heterocycles. The molecule has 0 saturated heterocycles. The van der Waals surface area contributed by atoms with E-state index < -0.39 is 11.4 Å². The molecule has 6 rings (SSSR count). The van der Waals surface area contributed by atoms with Crippen LogP contribution in [0.25, 0.3) is 0 Å². The minimum atomic E-state index is -1.14. The molecule has 1 aromatic rings. The van der Waals surface area contributed by atoms with E-state index in [0.29, 0.717) is 29.6 Å². The molecule has 0 aliphatic heterocycles. The lowest BCUT2D eigenvalue weighted by Crippen LogP contribution is -2.66. The van der Waals surface area contributed by atoms with Gasteiger partial charge in [-0.15, -0.1) is 0 Å². The molecule has 0 heterocycles. The number of benzene rings is 1. The topological polar surface area (TPSA) is 83.8 Å². The third-order valence-corrected chi connectivity index (χ3v) is 16.1. The molecule has 1 aromatic carbocycles. The number of carboxylic acid groups (broad SMARTS) is 1. The Labute approximate surface area is 296 Å². The van der Waals surface area contributed by atoms with Crippen LogP contribution in [0.2, 0.25) is 0 Å². The SMILES string of the molecule is C=C(C)[C@@H]1CC[C@]2(C#Cc3ccccc3CO)CC[C@]3(C)C(CCC4[C@@]5(C)CC[C@H](OC(=O)CC(C)(C)C(=O)O)C(C)(C)C5CC[C@]43C)C12. The average Bonchev–Trinajstić information content (AvgIpc) is 3.42. The van der Waals surface area contributed by atoms with Crippen molar-refractivity contribution in [3.05, 3.63) is 47.5 Å². The van der Waals surface area contributed by atoms with Crippen LogP contribution in [0.1, 0.15) is 137 Å². The van der Waals surface area contributed by atoms with Gasteiger partial charge in [0.2, 0.25) is 0 Å². The fourth-order valence-corrected chi connectivity index (χ4v) is 13.2. The fourth-order valence-electron chi connectivity index (χ4n) is 13.2. The van der Waals surface area contributed by atoms with Crippen molar-refractivity contribution in [1.82, 2.24) is 0 Å². The van der Waals surface area contributed by atoms with Crippen LogP contribution in [0.3, 0.4) is 0 Å². The van der Waals surface area contributed by atoms with Crippen LogP contribution in [0.15, 0.2) is 36.4 Å². The summed E-state index contributed by atoms with van der Waals surface area (Å²) < 4.78 is 6.18. The van der Waals surface area contributed by atoms with Crippen molar-refractivity contribution >= 4 is 11.9 Å². The summed E-state index contributed by atoms with van der Waals surface area (Å²) in [6.07, 6.45) is 11.0. The van der Waals surface area contributed by atoms with Crippen molar-refractivity contribution in [2.24, 2.45) is 62.1 Å². The van der Waals surface area contributed by atoms with Crippen molar-refractivity contribution in [1.29, 1.82) is 0 Å². The van der Waals surface area contributed by atoms with Gasteiger partial charge in [-0.2, -0.15) is 0 Å². The molecular formula is C44H62O5. The molecule has 5 nitrogen and oxygen atoms in total. The first-order chi connectivity index (χ1) is 22.9. The number of aliphatic hydroxyl groups excluding tert-OH is 1. The van der Waals surface area contributed by atoms with E-state index in [1.54, 1.807) is 13.8 Å². The lowest BCUT2D eigenvalue weighted by molar-refractivity contribution is -0.247. The van der Waals surface area contributed by atoms with Gasteiger partial charge in [0.25, 0.3) is 0 Å². The molecule has 2 N–H and O–H groups in total. The highest BCUT2D eigenvalue weighted by Crippen LogP contribution is 2.77. The molecule has 49 heavy (non-hydrogen) atoms. The van der Waals surface area contributed by atoms with Gasteiger partial charge in [-0.05, 0) is 142 Å². The van der Waals surface area contributed by atoms with E-state index in [0.717, 1.165) is 43.2 Å². The summed E-state index contributed by atoms with van der Waals surface area (Å²) in [5.41, 5.74) is 2.41. The maximum absolute atomic E-state index is 13.1. The molecule has 0 bridgehead atoms. The zero-order valence-corrected chi connectivity index (χ0v) is 31.6. The van der Waals surface area contributed by atoms with Crippen LogP contribution < -0.4 is 0 Å². The Kier molecular flexibility index (Phi) is 9.08. The van der Waals surface area contributed by atoms with Crippen molar-refractivity contribution < 1.29 is 24.5 Å². The maximum Gasteiger partial charge on any atom is 0.309 e. The number of esters is 1. The van der Waals surface area contributed by atoms with E-state index in [4.69, 9.17) is 4.74 Å². The van der Waals surface area contributed by atoms with Gasteiger partial charge < -0.3 is 14.9 Å². The highest BCUT2D eigenvalue weighted by Gasteiger charge is 2.71. The molecule has 0 spiro atoms. The van der Waals surface area contributed by atoms with Crippen molar-refractivity contribution in [3.63, 3.8) is 0 Å². The average molecular weight is 671 g/mol. The van der Waals surface area contributed by atoms with Crippen molar-refractivity contribution in [3.8, 4) is 11.8 Å². The predicted molar refractivity (Wildman–Crippen MR) is 194 cm³/mol. The zero-order chi connectivity index (χ0) is 35.8. The monoisotopic (exact) mass is 670 g/mol. The van der Waals surface area contributed by atoms with Crippen LogP contribution in [-0.2, 0) is 20.9 Å². The Morgan fingerprint density at radius 2 is 1.63 bits per heavy atom. The van der Waals surface area contributed by atoms with Crippen LogP contribution in [0.5, 0.6) is 0 Å². The molecule has 268 valence electrons. The first kappa shape index (κ1) is 36.2. The lowest BCUT2D eigenvalue weighted by Gasteiger charge is -2.72. The number of carbonyl (C=O) groups is 2. The van der Waals surface area contributed by atoms with E-state index in [1.165, 1.54) is 37.7 Å². The van der Waals surface area contributed by atoms with Crippen LogP contribution in [0, 0.1) is 73.9 Å². The molecular weight excluding hydrogens is 608 g/mol. The largest absolute Gasteiger partial charge is 0.481 e. The summed E-state index contributed by atoms with van der Waals surface area (Å²) >= 11 is 0. The molecule has 5 aliphatic rings. The number of fused-ring (bicyclic) bond motifs is 7. The molecule has 5 saturated carbocycles. The van der Waals surface area contributed by atoms with Gasteiger partial charge in [0, 0.05) is 16.4 Å². The Bertz CT molecular complexity index is 1560. The second-order valence-corrected chi connectivity index (χ2v) is 19.1. The number of carboxylic acids is 1. The fraction of sp³-hybridized carbons (Fsp3) is 0.727. The molecule has 5 heteroatoms. The molecule has 0 radical (unpaired) electrons. The summed E-state index contributed by atoms with van der Waals surface area (Å²) in [5.74, 6) is 8.82. The van der Waals surface area contributed by atoms with E-state index in [-0.39, 0.29) is 52.2 Å². The normalized spacial score (nSPS) is 40.8. The van der Waals surface area contributed by atoms with Gasteiger partial charge in [0.05, 0.1) is 18.4 Å². The first-order valence-electron chi connectivity index (χ1n) is 19.2. The second kappa shape index (κ2) is 12.3. The zero-order valence-electron chi connectivity index (χ0n) is 31.6. The van der Waals surface area contributed by atoms with E-state index >= 15 is 0 Å². The quantitative estimate of drug-likeness (QED) is 0.179. The highest BCUT2D eigenvalue weighted by atomic mass is 16.5. The smallest absolute Gasteiger partial charge is 0.309 e. The number of allylic oxidation sites excluding steroid dienone is 1. The number of hydrogen-bond donors (Lipinski definition) is 2. The Balaban J connectivity index is 1.29. The van der Waals surface area contributed by atoms with Crippen LogP contribution in [0.4, 0.5) is 0 Å². The van der Waals surface area contributed by atoms with E-state index in [1.807, 2.05) is 18.2 Å². The highest BCUT2D eigenvalue weighted by molar-refractivity contribution is 5.81. The minimum Gasteiger partial charge on any atom is -0.481 e. The number of aliphatic carboxylic acids is 1. The number of ether oxygens (including phenoxy) is 1. The Morgan fingerprint density at radius 1 is 0.918 bits per heavy atom. The van der Waals surface area contributed by atoms with Crippen molar-refractivity contribution in [2.45, 2.75) is 139 Å². The van der Waals surface area contributed by atoms with Gasteiger partial charge >= 0.3 is 11.9 Å². The van der Waals surface area contributed by atoms with Gasteiger partial charge in [0.15, 0.2) is 0 Å². The Morgan fingerprint density at radius 3 is 2.31 bits per heavy atom. The van der Waals surface area contributed by atoms with E-state index in [2.05, 4.69) is 66.0 Å². The number of rotatable bonds is 6. The molecule has 5 aliphatic carbocycles. The number of aliphatic hydroxyl groups is 1. The molecule has 5 fully saturated rings. The lowest BCUT2D eigenvalue weighted by atomic mass is 9.32. The minimum absolute atomic E-state index is 0.0127. The van der Waals surface area contributed by atoms with Gasteiger partial charge in [-0.25, -0.2) is 0 Å². The summed E-state index contributed by atoms with van der Waals surface area (Å²) in [5, 5.41) is 19.6. The van der Waals surface area contributed by atoms with Crippen molar-refractivity contribution in [2.75, 3.05) is 0 Å². The first-order valence-corrected chi connectivity index (χ1v) is 19.2. The van der Waals surface area contributed by atoms with Crippen LogP contribution in [-0.4, -0.2) is 28.3 Å². The summed E-state index contributed by atoms with van der Waals surface area (Å²) in [6, 6.07) is 8.05. The van der Waals surface area contributed by atoms with Gasteiger partial charge in [0.1, 0.15) is 6.10 Å². The maximum atomic E-state index is 13.1.